The van der Waals surface area contributed by atoms with E-state index in [1.165, 1.54) is 60.4 Å². The number of aromatic nitrogens is 5. The summed E-state index contributed by atoms with van der Waals surface area (Å²) in [4.78, 5) is 14.9. The molecule has 0 saturated heterocycles. The van der Waals surface area contributed by atoms with E-state index in [1.54, 1.807) is 12.1 Å². The first-order valence-electron chi connectivity index (χ1n) is 21.6. The van der Waals surface area contributed by atoms with Crippen molar-refractivity contribution in [1.82, 2.24) is 24.1 Å². The summed E-state index contributed by atoms with van der Waals surface area (Å²) < 4.78 is 4.83. The lowest BCUT2D eigenvalue weighted by Gasteiger charge is -2.15. The molecule has 300 valence electrons. The molecule has 8 aromatic carbocycles. The topological polar surface area (TPSA) is 72.3 Å². The SMILES string of the molecule is N#Cc1ccc(-c2nc(-c3ccccc3)nc(-c3cccc(-c4ccc5c6cc(-c7ccc8c(c7)c7ccccc7n8-c7ccccc7)ccc6n(C6=CC=CCC6)c5c4)c3)n2)cc1. The van der Waals surface area contributed by atoms with E-state index in [0.29, 0.717) is 23.0 Å². The second-order valence-electron chi connectivity index (χ2n) is 16.3. The Morgan fingerprint density at radius 1 is 0.406 bits per heavy atom. The molecule has 0 unspecified atom stereocenters. The molecule has 3 heterocycles. The number of para-hydroxylation sites is 2. The Morgan fingerprint density at radius 3 is 1.64 bits per heavy atom. The van der Waals surface area contributed by atoms with Crippen LogP contribution in [0.5, 0.6) is 0 Å². The molecule has 1 aliphatic rings. The van der Waals surface area contributed by atoms with Crippen LogP contribution in [0.1, 0.15) is 18.4 Å². The van der Waals surface area contributed by atoms with E-state index in [2.05, 4.69) is 167 Å². The fourth-order valence-electron chi connectivity index (χ4n) is 9.36. The van der Waals surface area contributed by atoms with E-state index in [9.17, 15) is 5.26 Å². The second-order valence-corrected chi connectivity index (χ2v) is 16.3. The van der Waals surface area contributed by atoms with Crippen molar-refractivity contribution in [2.75, 3.05) is 0 Å². The Morgan fingerprint density at radius 2 is 0.938 bits per heavy atom. The van der Waals surface area contributed by atoms with Crippen LogP contribution >= 0.6 is 0 Å². The minimum Gasteiger partial charge on any atom is -0.313 e. The van der Waals surface area contributed by atoms with Crippen LogP contribution in [0.3, 0.4) is 0 Å². The average molecular weight is 819 g/mol. The Hall–Kier alpha value is -8.66. The van der Waals surface area contributed by atoms with Gasteiger partial charge in [-0.25, -0.2) is 15.0 Å². The van der Waals surface area contributed by atoms with Gasteiger partial charge < -0.3 is 9.13 Å². The van der Waals surface area contributed by atoms with Crippen LogP contribution in [-0.4, -0.2) is 24.1 Å². The number of hydrogen-bond donors (Lipinski definition) is 0. The summed E-state index contributed by atoms with van der Waals surface area (Å²) >= 11 is 0. The molecule has 0 radical (unpaired) electrons. The van der Waals surface area contributed by atoms with Crippen LogP contribution < -0.4 is 0 Å². The molecular formula is C58H38N6. The first kappa shape index (κ1) is 37.1. The molecule has 0 atom stereocenters. The molecule has 6 nitrogen and oxygen atoms in total. The molecule has 0 amide bonds. The van der Waals surface area contributed by atoms with Gasteiger partial charge in [-0.3, -0.25) is 0 Å². The van der Waals surface area contributed by atoms with Crippen LogP contribution in [0.4, 0.5) is 0 Å². The molecule has 0 saturated carbocycles. The molecule has 3 aromatic heterocycles. The molecule has 0 bridgehead atoms. The first-order valence-corrected chi connectivity index (χ1v) is 21.6. The van der Waals surface area contributed by atoms with E-state index in [0.717, 1.165) is 46.3 Å². The largest absolute Gasteiger partial charge is 0.313 e. The normalized spacial score (nSPS) is 12.6. The first-order chi connectivity index (χ1) is 31.7. The highest BCUT2D eigenvalue weighted by atomic mass is 15.0. The third-order valence-electron chi connectivity index (χ3n) is 12.5. The van der Waals surface area contributed by atoms with Gasteiger partial charge in [-0.05, 0) is 120 Å². The molecule has 12 rings (SSSR count). The monoisotopic (exact) mass is 818 g/mol. The van der Waals surface area contributed by atoms with E-state index < -0.39 is 0 Å². The highest BCUT2D eigenvalue weighted by molar-refractivity contribution is 6.13. The number of rotatable bonds is 7. The zero-order valence-electron chi connectivity index (χ0n) is 34.7. The summed E-state index contributed by atoms with van der Waals surface area (Å²) in [6.45, 7) is 0. The number of nitrogens with zero attached hydrogens (tertiary/aromatic N) is 6. The zero-order valence-corrected chi connectivity index (χ0v) is 34.7. The Balaban J connectivity index is 0.977. The Kier molecular flexibility index (Phi) is 8.91. The third-order valence-corrected chi connectivity index (χ3v) is 12.5. The summed E-state index contributed by atoms with van der Waals surface area (Å²) in [7, 11) is 0. The molecule has 0 fully saturated rings. The maximum Gasteiger partial charge on any atom is 0.164 e. The highest BCUT2D eigenvalue weighted by Gasteiger charge is 2.19. The molecule has 11 aromatic rings. The molecule has 6 heteroatoms. The van der Waals surface area contributed by atoms with E-state index in [1.807, 2.05) is 42.5 Å². The van der Waals surface area contributed by atoms with Crippen LogP contribution in [0.15, 0.2) is 206 Å². The summed E-state index contributed by atoms with van der Waals surface area (Å²) in [6.07, 6.45) is 8.66. The standard InChI is InChI=1S/C58H38N6/c59-37-38-23-25-40(26-24-38)57-60-56(39-13-4-1-5-14-39)61-58(62-57)45-16-12-15-41(33-45)44-27-30-49-51-35-43(29-32-54(51)64(55(49)36-44)47-19-8-3-9-20-47)42-28-31-53-50(34-42)48-21-10-11-22-52(48)63(53)46-17-6-2-7-18-46/h1-8,10-19,21-36H,9,20H2. The summed E-state index contributed by atoms with van der Waals surface area (Å²) in [6, 6.07) is 68.1. The predicted octanol–water partition coefficient (Wildman–Crippen LogP) is 14.5. The lowest BCUT2D eigenvalue weighted by atomic mass is 9.99. The maximum absolute atomic E-state index is 9.42. The van der Waals surface area contributed by atoms with Gasteiger partial charge in [-0.15, -0.1) is 0 Å². The fourth-order valence-corrected chi connectivity index (χ4v) is 9.36. The van der Waals surface area contributed by atoms with Crippen molar-refractivity contribution in [3.05, 3.63) is 212 Å². The molecule has 1 aliphatic carbocycles. The number of nitriles is 1. The van der Waals surface area contributed by atoms with Gasteiger partial charge in [0, 0.05) is 49.6 Å². The second kappa shape index (κ2) is 15.4. The molecular weight excluding hydrogens is 781 g/mol. The molecule has 0 N–H and O–H groups in total. The summed E-state index contributed by atoms with van der Waals surface area (Å²) in [5.74, 6) is 1.73. The molecule has 64 heavy (non-hydrogen) atoms. The maximum atomic E-state index is 9.42. The molecule has 0 aliphatic heterocycles. The van der Waals surface area contributed by atoms with Crippen LogP contribution in [0, 0.1) is 11.3 Å². The summed E-state index contributed by atoms with van der Waals surface area (Å²) in [5.41, 5.74) is 15.0. The van der Waals surface area contributed by atoms with Crippen LogP contribution in [0.2, 0.25) is 0 Å². The van der Waals surface area contributed by atoms with Gasteiger partial charge in [-0.1, -0.05) is 121 Å². The average Bonchev–Trinajstić information content (AvgIpc) is 3.89. The number of allylic oxidation sites excluding steroid dienone is 4. The van der Waals surface area contributed by atoms with Gasteiger partial charge in [0.15, 0.2) is 17.5 Å². The van der Waals surface area contributed by atoms with Crippen molar-refractivity contribution in [3.63, 3.8) is 0 Å². The Bertz CT molecular complexity index is 3720. The predicted molar refractivity (Wildman–Crippen MR) is 262 cm³/mol. The van der Waals surface area contributed by atoms with Crippen LogP contribution in [-0.2, 0) is 0 Å². The lowest BCUT2D eigenvalue weighted by molar-refractivity contribution is 0.979. The van der Waals surface area contributed by atoms with Gasteiger partial charge in [0.25, 0.3) is 0 Å². The smallest absolute Gasteiger partial charge is 0.164 e. The lowest BCUT2D eigenvalue weighted by Crippen LogP contribution is -2.00. The third kappa shape index (κ3) is 6.38. The zero-order chi connectivity index (χ0) is 42.6. The Labute approximate surface area is 370 Å². The van der Waals surface area contributed by atoms with Gasteiger partial charge >= 0.3 is 0 Å². The van der Waals surface area contributed by atoms with Gasteiger partial charge in [-0.2, -0.15) is 5.26 Å². The van der Waals surface area contributed by atoms with Crippen molar-refractivity contribution in [1.29, 1.82) is 5.26 Å². The quantitative estimate of drug-likeness (QED) is 0.161. The number of fused-ring (bicyclic) bond motifs is 6. The van der Waals surface area contributed by atoms with E-state index in [4.69, 9.17) is 15.0 Å². The van der Waals surface area contributed by atoms with Gasteiger partial charge in [0.05, 0.1) is 33.7 Å². The molecule has 0 spiro atoms. The summed E-state index contributed by atoms with van der Waals surface area (Å²) in [5, 5.41) is 14.3. The number of hydrogen-bond acceptors (Lipinski definition) is 4. The van der Waals surface area contributed by atoms with Gasteiger partial charge in [0.2, 0.25) is 0 Å². The number of benzene rings is 8. The van der Waals surface area contributed by atoms with Gasteiger partial charge in [0.1, 0.15) is 0 Å². The van der Waals surface area contributed by atoms with Crippen molar-refractivity contribution in [2.24, 2.45) is 0 Å². The minimum absolute atomic E-state index is 0.553. The van der Waals surface area contributed by atoms with E-state index >= 15 is 0 Å². The highest BCUT2D eigenvalue weighted by Crippen LogP contribution is 2.40. The van der Waals surface area contributed by atoms with Crippen molar-refractivity contribution < 1.29 is 0 Å². The van der Waals surface area contributed by atoms with Crippen molar-refractivity contribution >= 4 is 49.3 Å². The van der Waals surface area contributed by atoms with Crippen molar-refractivity contribution in [2.45, 2.75) is 12.8 Å². The minimum atomic E-state index is 0.553. The fraction of sp³-hybridized carbons (Fsp3) is 0.0345. The van der Waals surface area contributed by atoms with E-state index in [-0.39, 0.29) is 0 Å². The van der Waals surface area contributed by atoms with Crippen molar-refractivity contribution in [3.8, 4) is 68.2 Å². The van der Waals surface area contributed by atoms with Crippen LogP contribution in [0.25, 0.3) is 111 Å².